The molecule has 4 aliphatic rings. The van der Waals surface area contributed by atoms with Gasteiger partial charge in [-0.2, -0.15) is 18.2 Å². The summed E-state index contributed by atoms with van der Waals surface area (Å²) >= 11 is 0. The van der Waals surface area contributed by atoms with Crippen molar-refractivity contribution >= 4 is 11.8 Å². The zero-order valence-corrected chi connectivity index (χ0v) is 19.3. The van der Waals surface area contributed by atoms with Crippen LogP contribution in [0, 0.1) is 0 Å². The number of ether oxygens (including phenoxy) is 4. The van der Waals surface area contributed by atoms with Gasteiger partial charge >= 0.3 is 6.18 Å². The highest BCUT2D eigenvalue weighted by molar-refractivity contribution is 5.51. The van der Waals surface area contributed by atoms with Crippen LogP contribution in [0.3, 0.4) is 0 Å². The van der Waals surface area contributed by atoms with Gasteiger partial charge in [-0.1, -0.05) is 0 Å². The van der Waals surface area contributed by atoms with E-state index in [2.05, 4.69) is 30.2 Å². The first-order chi connectivity index (χ1) is 17.4. The maximum Gasteiger partial charge on any atom is 0.423 e. The standard InChI is InChI=1S/C23H25F3N6O4/c24-23(25,26)17-9-27-21(31-20(17)36-15-11-33-12-15)30-14-2-1-5-32(10-14)19-16-3-4-22(34-6-7-35-22)8-18(16)28-13-29-19/h6-7,9,13-15H,1-5,8,10-12H2,(H,27,30,31)/t14-/m1/s1. The van der Waals surface area contributed by atoms with Crippen LogP contribution in [-0.4, -0.2) is 64.2 Å². The number of halogens is 3. The van der Waals surface area contributed by atoms with E-state index in [-0.39, 0.29) is 25.2 Å². The number of anilines is 2. The van der Waals surface area contributed by atoms with Gasteiger partial charge in [-0.15, -0.1) is 0 Å². The van der Waals surface area contributed by atoms with Crippen LogP contribution in [0.1, 0.15) is 36.1 Å². The van der Waals surface area contributed by atoms with Crippen LogP contribution in [0.2, 0.25) is 0 Å². The molecule has 2 saturated heterocycles. The number of hydrogen-bond donors (Lipinski definition) is 1. The molecule has 3 aliphatic heterocycles. The lowest BCUT2D eigenvalue weighted by molar-refractivity contribution is -0.149. The van der Waals surface area contributed by atoms with Crippen LogP contribution in [0.5, 0.6) is 5.88 Å². The van der Waals surface area contributed by atoms with Gasteiger partial charge < -0.3 is 29.2 Å². The second-order valence-electron chi connectivity index (χ2n) is 9.33. The Morgan fingerprint density at radius 2 is 1.97 bits per heavy atom. The number of nitrogens with zero attached hydrogens (tertiary/aromatic N) is 5. The van der Waals surface area contributed by atoms with E-state index in [4.69, 9.17) is 18.9 Å². The summed E-state index contributed by atoms with van der Waals surface area (Å²) in [6.07, 6.45) is 4.02. The molecule has 2 fully saturated rings. The molecule has 1 spiro atoms. The summed E-state index contributed by atoms with van der Waals surface area (Å²) in [5.41, 5.74) is 0.978. The van der Waals surface area contributed by atoms with E-state index in [0.717, 1.165) is 49.1 Å². The van der Waals surface area contributed by atoms with E-state index in [1.165, 1.54) is 0 Å². The Hall–Kier alpha value is -3.35. The van der Waals surface area contributed by atoms with Crippen molar-refractivity contribution in [2.75, 3.05) is 36.5 Å². The molecule has 0 radical (unpaired) electrons. The Labute approximate surface area is 204 Å². The van der Waals surface area contributed by atoms with Gasteiger partial charge in [0.05, 0.1) is 25.3 Å². The normalized spacial score (nSPS) is 23.0. The van der Waals surface area contributed by atoms with Crippen LogP contribution >= 0.6 is 0 Å². The van der Waals surface area contributed by atoms with Crippen LogP contribution in [0.15, 0.2) is 25.0 Å². The number of nitrogens with one attached hydrogen (secondary N) is 1. The van der Waals surface area contributed by atoms with Crippen molar-refractivity contribution < 1.29 is 32.1 Å². The Morgan fingerprint density at radius 3 is 2.72 bits per heavy atom. The van der Waals surface area contributed by atoms with Gasteiger partial charge in [0.1, 0.15) is 36.3 Å². The number of piperidine rings is 1. The maximum absolute atomic E-state index is 13.4. The molecular formula is C23H25F3N6O4. The van der Waals surface area contributed by atoms with Gasteiger partial charge in [0.15, 0.2) is 0 Å². The van der Waals surface area contributed by atoms with Gasteiger partial charge in [-0.05, 0) is 19.3 Å². The molecular weight excluding hydrogens is 481 g/mol. The number of rotatable bonds is 5. The Kier molecular flexibility index (Phi) is 5.73. The largest absolute Gasteiger partial charge is 0.469 e. The van der Waals surface area contributed by atoms with Crippen molar-refractivity contribution in [3.8, 4) is 5.88 Å². The fourth-order valence-corrected chi connectivity index (χ4v) is 4.94. The fourth-order valence-electron chi connectivity index (χ4n) is 4.94. The van der Waals surface area contributed by atoms with E-state index in [9.17, 15) is 13.2 Å². The molecule has 36 heavy (non-hydrogen) atoms. The minimum Gasteiger partial charge on any atom is -0.469 e. The summed E-state index contributed by atoms with van der Waals surface area (Å²) in [5.74, 6) is -0.198. The maximum atomic E-state index is 13.4. The summed E-state index contributed by atoms with van der Waals surface area (Å²) in [6, 6.07) is -0.0818. The van der Waals surface area contributed by atoms with Crippen LogP contribution < -0.4 is 15.0 Å². The summed E-state index contributed by atoms with van der Waals surface area (Å²) in [7, 11) is 0. The van der Waals surface area contributed by atoms with E-state index in [1.807, 2.05) is 0 Å². The quantitative estimate of drug-likeness (QED) is 0.651. The number of hydrogen-bond acceptors (Lipinski definition) is 10. The van der Waals surface area contributed by atoms with E-state index in [1.54, 1.807) is 18.9 Å². The Morgan fingerprint density at radius 1 is 1.14 bits per heavy atom. The molecule has 0 unspecified atom stereocenters. The molecule has 0 aromatic carbocycles. The molecule has 13 heteroatoms. The van der Waals surface area contributed by atoms with E-state index >= 15 is 0 Å². The lowest BCUT2D eigenvalue weighted by atomic mass is 9.90. The van der Waals surface area contributed by atoms with Crippen molar-refractivity contribution in [2.24, 2.45) is 0 Å². The number of alkyl halides is 3. The van der Waals surface area contributed by atoms with Crippen molar-refractivity contribution in [2.45, 2.75) is 56.2 Å². The predicted molar refractivity (Wildman–Crippen MR) is 119 cm³/mol. The molecule has 0 saturated carbocycles. The van der Waals surface area contributed by atoms with Crippen LogP contribution in [0.4, 0.5) is 24.9 Å². The van der Waals surface area contributed by atoms with Crippen LogP contribution in [0.25, 0.3) is 0 Å². The summed E-state index contributed by atoms with van der Waals surface area (Å²) < 4.78 is 62.1. The molecule has 192 valence electrons. The summed E-state index contributed by atoms with van der Waals surface area (Å²) in [5, 5.41) is 3.19. The second-order valence-corrected chi connectivity index (χ2v) is 9.33. The third-order valence-electron chi connectivity index (χ3n) is 6.82. The Balaban J connectivity index is 1.18. The zero-order valence-electron chi connectivity index (χ0n) is 19.3. The molecule has 2 aromatic rings. The van der Waals surface area contributed by atoms with Gasteiger partial charge in [0, 0.05) is 37.3 Å². The summed E-state index contributed by atoms with van der Waals surface area (Å²) in [6.45, 7) is 1.88. The predicted octanol–water partition coefficient (Wildman–Crippen LogP) is 2.85. The van der Waals surface area contributed by atoms with Gasteiger partial charge in [-0.25, -0.2) is 15.0 Å². The first kappa shape index (κ1) is 23.1. The first-order valence-electron chi connectivity index (χ1n) is 11.9. The smallest absolute Gasteiger partial charge is 0.423 e. The third-order valence-corrected chi connectivity index (χ3v) is 6.82. The van der Waals surface area contributed by atoms with E-state index < -0.39 is 29.5 Å². The molecule has 2 aromatic heterocycles. The topological polar surface area (TPSA) is 104 Å². The molecule has 5 heterocycles. The average molecular weight is 506 g/mol. The van der Waals surface area contributed by atoms with Gasteiger partial charge in [0.2, 0.25) is 11.8 Å². The number of fused-ring (bicyclic) bond motifs is 1. The lowest BCUT2D eigenvalue weighted by Crippen LogP contribution is -2.44. The van der Waals surface area contributed by atoms with Crippen molar-refractivity contribution in [3.63, 3.8) is 0 Å². The summed E-state index contributed by atoms with van der Waals surface area (Å²) in [4.78, 5) is 19.2. The molecule has 0 bridgehead atoms. The van der Waals surface area contributed by atoms with Gasteiger partial charge in [0.25, 0.3) is 5.79 Å². The van der Waals surface area contributed by atoms with Crippen LogP contribution in [-0.2, 0) is 33.2 Å². The monoisotopic (exact) mass is 506 g/mol. The van der Waals surface area contributed by atoms with E-state index in [0.29, 0.717) is 19.4 Å². The highest BCUT2D eigenvalue weighted by Gasteiger charge is 2.42. The molecule has 0 amide bonds. The SMILES string of the molecule is FC(F)(F)c1cnc(N[C@@H]2CCCN(c3ncnc4c3CCC3(C4)OC=CO3)C2)nc1OC1COC1. The van der Waals surface area contributed by atoms with Gasteiger partial charge in [-0.3, -0.25) is 0 Å². The third kappa shape index (κ3) is 4.47. The lowest BCUT2D eigenvalue weighted by Gasteiger charge is -2.37. The highest BCUT2D eigenvalue weighted by atomic mass is 19.4. The highest BCUT2D eigenvalue weighted by Crippen LogP contribution is 2.39. The zero-order chi connectivity index (χ0) is 24.8. The fraction of sp³-hybridized carbons (Fsp3) is 0.565. The molecule has 6 rings (SSSR count). The average Bonchev–Trinajstić information content (AvgIpc) is 3.28. The molecule has 10 nitrogen and oxygen atoms in total. The van der Waals surface area contributed by atoms with Crippen molar-refractivity contribution in [3.05, 3.63) is 41.9 Å². The van der Waals surface area contributed by atoms with Crippen molar-refractivity contribution in [1.29, 1.82) is 0 Å². The molecule has 1 aliphatic carbocycles. The van der Waals surface area contributed by atoms with Crippen molar-refractivity contribution in [1.82, 2.24) is 19.9 Å². The Bertz CT molecular complexity index is 1150. The molecule has 1 atom stereocenters. The number of aromatic nitrogens is 4. The second kappa shape index (κ2) is 8.95. The minimum absolute atomic E-state index is 0.0818. The molecule has 1 N–H and O–H groups in total. The first-order valence-corrected chi connectivity index (χ1v) is 11.9. The minimum atomic E-state index is -4.62.